The van der Waals surface area contributed by atoms with Gasteiger partial charge in [-0.15, -0.1) is 0 Å². The second-order valence-electron chi connectivity index (χ2n) is 5.97. The first-order chi connectivity index (χ1) is 12.6. The van der Waals surface area contributed by atoms with E-state index in [0.29, 0.717) is 16.9 Å². The van der Waals surface area contributed by atoms with E-state index in [0.717, 1.165) is 16.0 Å². The van der Waals surface area contributed by atoms with Crippen LogP contribution in [0.25, 0.3) is 22.3 Å². The van der Waals surface area contributed by atoms with E-state index in [9.17, 15) is 4.39 Å². The highest BCUT2D eigenvalue weighted by Gasteiger charge is 2.11. The molecule has 0 aliphatic heterocycles. The number of halogens is 1. The summed E-state index contributed by atoms with van der Waals surface area (Å²) < 4.78 is 17.9. The van der Waals surface area contributed by atoms with Crippen LogP contribution in [0.5, 0.6) is 0 Å². The summed E-state index contributed by atoms with van der Waals surface area (Å²) in [6, 6.07) is 16.3. The molecule has 2 aromatic carbocycles. The second-order valence-corrected chi connectivity index (χ2v) is 6.85. The Morgan fingerprint density at radius 1 is 1.12 bits per heavy atom. The normalized spacial score (nSPS) is 12.1. The van der Waals surface area contributed by atoms with Gasteiger partial charge >= 0.3 is 0 Å². The maximum absolute atomic E-state index is 14.7. The van der Waals surface area contributed by atoms with Gasteiger partial charge in [0.2, 0.25) is 0 Å². The molecular formula is C20H20FN3OS. The largest absolute Gasteiger partial charge is 0.395 e. The number of aliphatic hydroxyl groups excluding tert-OH is 1. The molecule has 0 saturated heterocycles. The number of rotatable bonds is 6. The molecule has 0 saturated carbocycles. The first kappa shape index (κ1) is 18.4. The van der Waals surface area contributed by atoms with Gasteiger partial charge in [-0.3, -0.25) is 4.72 Å². The Kier molecular flexibility index (Phi) is 5.88. The average Bonchev–Trinajstić information content (AvgIpc) is 2.67. The molecule has 1 unspecified atom stereocenters. The summed E-state index contributed by atoms with van der Waals surface area (Å²) in [5.74, 6) is 0.0897. The second kappa shape index (κ2) is 8.31. The van der Waals surface area contributed by atoms with Crippen molar-refractivity contribution >= 4 is 17.8 Å². The standard InChI is InChI=1S/C20H20FN3OS/c1-13(12-25)24-26-19-5-3-2-4-17(19)14-6-8-16(18(21)10-14)15-7-9-20(22)23-11-15/h2-11,13,24-25H,12H2,1H3,(H2,22,23). The van der Waals surface area contributed by atoms with Crippen LogP contribution in [0.1, 0.15) is 6.92 Å². The Hall–Kier alpha value is -2.41. The van der Waals surface area contributed by atoms with Crippen LogP contribution in [0.3, 0.4) is 0 Å². The van der Waals surface area contributed by atoms with Gasteiger partial charge in [0.05, 0.1) is 6.61 Å². The number of nitrogens with two attached hydrogens (primary N) is 1. The van der Waals surface area contributed by atoms with E-state index in [1.54, 1.807) is 24.4 Å². The Bertz CT molecular complexity index is 886. The van der Waals surface area contributed by atoms with Crippen molar-refractivity contribution in [3.8, 4) is 22.3 Å². The zero-order valence-electron chi connectivity index (χ0n) is 14.3. The molecule has 0 spiro atoms. The van der Waals surface area contributed by atoms with Crippen LogP contribution in [-0.2, 0) is 0 Å². The molecule has 1 heterocycles. The third-order valence-corrected chi connectivity index (χ3v) is 5.00. The summed E-state index contributed by atoms with van der Waals surface area (Å²) in [5.41, 5.74) is 8.47. The number of nitrogen functional groups attached to an aromatic ring is 1. The third-order valence-electron chi connectivity index (χ3n) is 3.91. The summed E-state index contributed by atoms with van der Waals surface area (Å²) in [5, 5.41) is 9.15. The Morgan fingerprint density at radius 2 is 1.88 bits per heavy atom. The van der Waals surface area contributed by atoms with Gasteiger partial charge in [-0.25, -0.2) is 9.37 Å². The number of anilines is 1. The number of nitrogens with zero attached hydrogens (tertiary/aromatic N) is 1. The number of aliphatic hydroxyl groups is 1. The smallest absolute Gasteiger partial charge is 0.131 e. The highest BCUT2D eigenvalue weighted by atomic mass is 32.2. The first-order valence-corrected chi connectivity index (χ1v) is 9.04. The topological polar surface area (TPSA) is 71.2 Å². The maximum Gasteiger partial charge on any atom is 0.131 e. The first-order valence-electron chi connectivity index (χ1n) is 8.22. The zero-order valence-corrected chi connectivity index (χ0v) is 15.1. The SMILES string of the molecule is CC(CO)NSc1ccccc1-c1ccc(-c2ccc(N)nc2)c(F)c1. The predicted octanol–water partition coefficient (Wildman–Crippen LogP) is 4.11. The van der Waals surface area contributed by atoms with Crippen molar-refractivity contribution in [2.75, 3.05) is 12.3 Å². The molecule has 0 radical (unpaired) electrons. The van der Waals surface area contributed by atoms with Crippen LogP contribution < -0.4 is 10.5 Å². The molecule has 3 aromatic rings. The molecule has 4 N–H and O–H groups in total. The molecule has 134 valence electrons. The molecular weight excluding hydrogens is 349 g/mol. The van der Waals surface area contributed by atoms with Gasteiger partial charge in [0.1, 0.15) is 11.6 Å². The van der Waals surface area contributed by atoms with E-state index in [2.05, 4.69) is 9.71 Å². The fourth-order valence-electron chi connectivity index (χ4n) is 2.48. The van der Waals surface area contributed by atoms with Gasteiger partial charge in [-0.05, 0) is 54.3 Å². The van der Waals surface area contributed by atoms with Gasteiger partial charge in [0.15, 0.2) is 0 Å². The maximum atomic E-state index is 14.7. The van der Waals surface area contributed by atoms with Gasteiger partial charge in [-0.1, -0.05) is 30.3 Å². The van der Waals surface area contributed by atoms with Crippen molar-refractivity contribution < 1.29 is 9.50 Å². The molecule has 1 aromatic heterocycles. The number of aromatic nitrogens is 1. The fourth-order valence-corrected chi connectivity index (χ4v) is 3.32. The number of nitrogens with one attached hydrogen (secondary N) is 1. The molecule has 0 amide bonds. The molecule has 3 rings (SSSR count). The molecule has 0 bridgehead atoms. The van der Waals surface area contributed by atoms with Crippen LogP contribution in [0, 0.1) is 5.82 Å². The number of hydrogen-bond acceptors (Lipinski definition) is 5. The van der Waals surface area contributed by atoms with E-state index in [1.807, 2.05) is 37.3 Å². The lowest BCUT2D eigenvalue weighted by Crippen LogP contribution is -2.22. The highest BCUT2D eigenvalue weighted by Crippen LogP contribution is 2.33. The Balaban J connectivity index is 1.91. The molecule has 0 aliphatic rings. The van der Waals surface area contributed by atoms with Crippen molar-refractivity contribution in [3.05, 3.63) is 66.6 Å². The zero-order chi connectivity index (χ0) is 18.5. The van der Waals surface area contributed by atoms with Crippen LogP contribution in [-0.4, -0.2) is 22.7 Å². The lowest BCUT2D eigenvalue weighted by molar-refractivity contribution is 0.267. The third kappa shape index (κ3) is 4.22. The average molecular weight is 369 g/mol. The van der Waals surface area contributed by atoms with Gasteiger partial charge < -0.3 is 10.8 Å². The van der Waals surface area contributed by atoms with Gasteiger partial charge in [-0.2, -0.15) is 0 Å². The molecule has 0 fully saturated rings. The number of benzene rings is 2. The molecule has 6 heteroatoms. The van der Waals surface area contributed by atoms with Crippen LogP contribution in [0.2, 0.25) is 0 Å². The van der Waals surface area contributed by atoms with E-state index in [-0.39, 0.29) is 18.5 Å². The molecule has 0 aliphatic carbocycles. The Morgan fingerprint density at radius 3 is 2.58 bits per heavy atom. The monoisotopic (exact) mass is 369 g/mol. The van der Waals surface area contributed by atoms with Crippen molar-refractivity contribution in [2.45, 2.75) is 17.9 Å². The minimum absolute atomic E-state index is 0.0369. The van der Waals surface area contributed by atoms with Crippen LogP contribution in [0.15, 0.2) is 65.7 Å². The minimum atomic E-state index is -0.314. The summed E-state index contributed by atoms with van der Waals surface area (Å²) in [6.07, 6.45) is 1.57. The predicted molar refractivity (Wildman–Crippen MR) is 105 cm³/mol. The number of hydrogen-bond donors (Lipinski definition) is 3. The molecule has 26 heavy (non-hydrogen) atoms. The summed E-state index contributed by atoms with van der Waals surface area (Å²) in [7, 11) is 0. The summed E-state index contributed by atoms with van der Waals surface area (Å²) >= 11 is 1.43. The van der Waals surface area contributed by atoms with Gasteiger partial charge in [0, 0.05) is 28.3 Å². The van der Waals surface area contributed by atoms with Crippen molar-refractivity contribution in [3.63, 3.8) is 0 Å². The summed E-state index contributed by atoms with van der Waals surface area (Å²) in [4.78, 5) is 4.99. The van der Waals surface area contributed by atoms with Crippen molar-refractivity contribution in [2.24, 2.45) is 0 Å². The van der Waals surface area contributed by atoms with Crippen molar-refractivity contribution in [1.82, 2.24) is 9.71 Å². The highest BCUT2D eigenvalue weighted by molar-refractivity contribution is 7.97. The minimum Gasteiger partial charge on any atom is -0.395 e. The van der Waals surface area contributed by atoms with Crippen LogP contribution >= 0.6 is 11.9 Å². The van der Waals surface area contributed by atoms with E-state index in [1.165, 1.54) is 18.0 Å². The van der Waals surface area contributed by atoms with E-state index in [4.69, 9.17) is 10.8 Å². The Labute approximate surface area is 156 Å². The fraction of sp³-hybridized carbons (Fsp3) is 0.150. The van der Waals surface area contributed by atoms with Crippen LogP contribution in [0.4, 0.5) is 10.2 Å². The number of pyridine rings is 1. The lowest BCUT2D eigenvalue weighted by Gasteiger charge is -2.14. The molecule has 4 nitrogen and oxygen atoms in total. The van der Waals surface area contributed by atoms with E-state index >= 15 is 0 Å². The van der Waals surface area contributed by atoms with E-state index < -0.39 is 0 Å². The van der Waals surface area contributed by atoms with Crippen molar-refractivity contribution in [1.29, 1.82) is 0 Å². The van der Waals surface area contributed by atoms with Gasteiger partial charge in [0.25, 0.3) is 0 Å². The lowest BCUT2D eigenvalue weighted by atomic mass is 10.0. The molecule has 1 atom stereocenters. The quantitative estimate of drug-likeness (QED) is 0.570. The summed E-state index contributed by atoms with van der Waals surface area (Å²) in [6.45, 7) is 1.94.